The summed E-state index contributed by atoms with van der Waals surface area (Å²) >= 11 is 6.17. The SMILES string of the molecule is C#C[C@@H](COC)NC(=O)Cc1c[nH]c2cccc(Cl)c12. The smallest absolute Gasteiger partial charge is 0.225 e. The summed E-state index contributed by atoms with van der Waals surface area (Å²) in [5, 5.41) is 4.22. The van der Waals surface area contributed by atoms with Gasteiger partial charge in [-0.05, 0) is 17.7 Å². The fourth-order valence-electron chi connectivity index (χ4n) is 2.06. The topological polar surface area (TPSA) is 54.1 Å². The van der Waals surface area contributed by atoms with Crippen molar-refractivity contribution in [3.05, 3.63) is 35.0 Å². The fourth-order valence-corrected chi connectivity index (χ4v) is 2.36. The Kier molecular flexibility index (Phi) is 4.67. The lowest BCUT2D eigenvalue weighted by atomic mass is 10.1. The van der Waals surface area contributed by atoms with E-state index in [1.54, 1.807) is 12.3 Å². The van der Waals surface area contributed by atoms with Crippen LogP contribution in [0.4, 0.5) is 0 Å². The molecule has 0 radical (unpaired) electrons. The van der Waals surface area contributed by atoms with Crippen LogP contribution in [0.15, 0.2) is 24.4 Å². The fraction of sp³-hybridized carbons (Fsp3) is 0.267. The molecule has 5 heteroatoms. The van der Waals surface area contributed by atoms with E-state index in [0.29, 0.717) is 5.02 Å². The molecule has 1 aromatic heterocycles. The standard InChI is InChI=1S/C15H15ClN2O2/c1-3-11(9-20-2)18-14(19)7-10-8-17-13-6-4-5-12(16)15(10)13/h1,4-6,8,11,17H,7,9H2,2H3,(H,18,19)/t11-/m0/s1. The molecule has 0 spiro atoms. The largest absolute Gasteiger partial charge is 0.382 e. The zero-order chi connectivity index (χ0) is 14.5. The molecule has 0 saturated heterocycles. The highest BCUT2D eigenvalue weighted by Crippen LogP contribution is 2.26. The van der Waals surface area contributed by atoms with Crippen LogP contribution in [-0.4, -0.2) is 30.6 Å². The van der Waals surface area contributed by atoms with Crippen molar-refractivity contribution in [3.8, 4) is 12.3 Å². The molecule has 0 aliphatic rings. The summed E-state index contributed by atoms with van der Waals surface area (Å²) in [6, 6.07) is 5.15. The predicted molar refractivity (Wildman–Crippen MR) is 79.7 cm³/mol. The maximum Gasteiger partial charge on any atom is 0.225 e. The van der Waals surface area contributed by atoms with Crippen LogP contribution in [0, 0.1) is 12.3 Å². The van der Waals surface area contributed by atoms with Gasteiger partial charge in [-0.2, -0.15) is 0 Å². The minimum atomic E-state index is -0.423. The second-order valence-electron chi connectivity index (χ2n) is 4.40. The number of amides is 1. The van der Waals surface area contributed by atoms with Crippen molar-refractivity contribution in [1.82, 2.24) is 10.3 Å². The number of nitrogens with one attached hydrogen (secondary N) is 2. The third-order valence-electron chi connectivity index (χ3n) is 2.96. The summed E-state index contributed by atoms with van der Waals surface area (Å²) in [6.07, 6.45) is 7.33. The Morgan fingerprint density at radius 3 is 3.10 bits per heavy atom. The molecule has 4 nitrogen and oxygen atoms in total. The highest BCUT2D eigenvalue weighted by Gasteiger charge is 2.13. The van der Waals surface area contributed by atoms with Gasteiger partial charge in [0.2, 0.25) is 5.91 Å². The molecule has 2 aromatic rings. The Bertz CT molecular complexity index is 657. The van der Waals surface area contributed by atoms with Gasteiger partial charge in [0.05, 0.1) is 18.1 Å². The summed E-state index contributed by atoms with van der Waals surface area (Å²) in [4.78, 5) is 15.1. The molecular formula is C15H15ClN2O2. The van der Waals surface area contributed by atoms with E-state index < -0.39 is 6.04 Å². The third-order valence-corrected chi connectivity index (χ3v) is 3.27. The van der Waals surface area contributed by atoms with E-state index in [2.05, 4.69) is 16.2 Å². The first-order valence-corrected chi connectivity index (χ1v) is 6.52. The number of aromatic amines is 1. The second kappa shape index (κ2) is 6.47. The van der Waals surface area contributed by atoms with E-state index >= 15 is 0 Å². The summed E-state index contributed by atoms with van der Waals surface area (Å²) < 4.78 is 4.94. The first-order valence-electron chi connectivity index (χ1n) is 6.14. The van der Waals surface area contributed by atoms with Crippen molar-refractivity contribution in [2.24, 2.45) is 0 Å². The van der Waals surface area contributed by atoms with Crippen molar-refractivity contribution >= 4 is 28.4 Å². The van der Waals surface area contributed by atoms with Gasteiger partial charge in [-0.1, -0.05) is 23.6 Å². The van der Waals surface area contributed by atoms with Gasteiger partial charge in [0, 0.05) is 24.2 Å². The van der Waals surface area contributed by atoms with Crippen LogP contribution >= 0.6 is 11.6 Å². The Morgan fingerprint density at radius 2 is 2.40 bits per heavy atom. The molecule has 1 aromatic carbocycles. The van der Waals surface area contributed by atoms with Gasteiger partial charge in [0.25, 0.3) is 0 Å². The summed E-state index contributed by atoms with van der Waals surface area (Å²) in [7, 11) is 1.54. The number of terminal acetylenes is 1. The maximum atomic E-state index is 12.0. The molecule has 20 heavy (non-hydrogen) atoms. The minimum absolute atomic E-state index is 0.161. The van der Waals surface area contributed by atoms with Gasteiger partial charge in [0.15, 0.2) is 0 Å². The first-order chi connectivity index (χ1) is 9.65. The van der Waals surface area contributed by atoms with E-state index in [0.717, 1.165) is 16.5 Å². The van der Waals surface area contributed by atoms with Crippen LogP contribution in [0.3, 0.4) is 0 Å². The zero-order valence-corrected chi connectivity index (χ0v) is 11.8. The molecule has 1 atom stereocenters. The number of benzene rings is 1. The lowest BCUT2D eigenvalue weighted by molar-refractivity contribution is -0.121. The van der Waals surface area contributed by atoms with Gasteiger partial charge in [-0.25, -0.2) is 0 Å². The van der Waals surface area contributed by atoms with Crippen LogP contribution in [-0.2, 0) is 16.0 Å². The van der Waals surface area contributed by atoms with Gasteiger partial charge in [-0.15, -0.1) is 6.42 Å². The van der Waals surface area contributed by atoms with Crippen LogP contribution in [0.1, 0.15) is 5.56 Å². The van der Waals surface area contributed by atoms with Crippen LogP contribution in [0.5, 0.6) is 0 Å². The van der Waals surface area contributed by atoms with E-state index in [-0.39, 0.29) is 18.9 Å². The lowest BCUT2D eigenvalue weighted by Crippen LogP contribution is -2.37. The van der Waals surface area contributed by atoms with E-state index in [1.807, 2.05) is 12.1 Å². The normalized spacial score (nSPS) is 12.1. The monoisotopic (exact) mass is 290 g/mol. The number of methoxy groups -OCH3 is 1. The second-order valence-corrected chi connectivity index (χ2v) is 4.80. The Hall–Kier alpha value is -1.96. The van der Waals surface area contributed by atoms with Gasteiger partial charge < -0.3 is 15.0 Å². The highest BCUT2D eigenvalue weighted by atomic mass is 35.5. The number of hydrogen-bond acceptors (Lipinski definition) is 2. The van der Waals surface area contributed by atoms with E-state index in [4.69, 9.17) is 22.8 Å². The molecule has 1 amide bonds. The van der Waals surface area contributed by atoms with E-state index in [9.17, 15) is 4.79 Å². The number of ether oxygens (including phenoxy) is 1. The molecule has 2 N–H and O–H groups in total. The van der Waals surface area contributed by atoms with Crippen LogP contribution < -0.4 is 5.32 Å². The molecule has 0 bridgehead atoms. The molecule has 0 aliphatic carbocycles. The van der Waals surface area contributed by atoms with Crippen molar-refractivity contribution in [1.29, 1.82) is 0 Å². The molecular weight excluding hydrogens is 276 g/mol. The number of fused-ring (bicyclic) bond motifs is 1. The molecule has 0 fully saturated rings. The average molecular weight is 291 g/mol. The first kappa shape index (κ1) is 14.4. The quantitative estimate of drug-likeness (QED) is 0.829. The molecule has 1 heterocycles. The predicted octanol–water partition coefficient (Wildman–Crippen LogP) is 2.13. The molecule has 0 saturated carbocycles. The summed E-state index contributed by atoms with van der Waals surface area (Å²) in [6.45, 7) is 0.289. The van der Waals surface area contributed by atoms with Crippen LogP contribution in [0.25, 0.3) is 10.9 Å². The number of carbonyl (C=O) groups is 1. The Morgan fingerprint density at radius 1 is 1.60 bits per heavy atom. The van der Waals surface area contributed by atoms with Crippen molar-refractivity contribution in [2.75, 3.05) is 13.7 Å². The molecule has 0 aliphatic heterocycles. The summed E-state index contributed by atoms with van der Waals surface area (Å²) in [5.41, 5.74) is 1.75. The van der Waals surface area contributed by atoms with Gasteiger partial charge >= 0.3 is 0 Å². The average Bonchev–Trinajstić information content (AvgIpc) is 2.82. The Labute approximate surface area is 122 Å². The lowest BCUT2D eigenvalue weighted by Gasteiger charge is -2.11. The molecule has 104 valence electrons. The molecule has 2 rings (SSSR count). The summed E-state index contributed by atoms with van der Waals surface area (Å²) in [5.74, 6) is 2.31. The van der Waals surface area contributed by atoms with Gasteiger partial charge in [0.1, 0.15) is 6.04 Å². The minimum Gasteiger partial charge on any atom is -0.382 e. The highest BCUT2D eigenvalue weighted by molar-refractivity contribution is 6.35. The van der Waals surface area contributed by atoms with Crippen molar-refractivity contribution in [2.45, 2.75) is 12.5 Å². The number of carbonyl (C=O) groups excluding carboxylic acids is 1. The number of halogens is 1. The van der Waals surface area contributed by atoms with Crippen LogP contribution in [0.2, 0.25) is 5.02 Å². The number of hydrogen-bond donors (Lipinski definition) is 2. The number of H-pyrrole nitrogens is 1. The number of aromatic nitrogens is 1. The van der Waals surface area contributed by atoms with Crippen molar-refractivity contribution in [3.63, 3.8) is 0 Å². The van der Waals surface area contributed by atoms with E-state index in [1.165, 1.54) is 7.11 Å². The third kappa shape index (κ3) is 3.13. The Balaban J connectivity index is 2.13. The number of rotatable bonds is 5. The van der Waals surface area contributed by atoms with Gasteiger partial charge in [-0.3, -0.25) is 4.79 Å². The van der Waals surface area contributed by atoms with Crippen molar-refractivity contribution < 1.29 is 9.53 Å². The maximum absolute atomic E-state index is 12.0. The molecule has 0 unspecified atom stereocenters. The zero-order valence-electron chi connectivity index (χ0n) is 11.1.